The molecule has 7 heteroatoms. The van der Waals surface area contributed by atoms with E-state index in [1.54, 1.807) is 0 Å². The van der Waals surface area contributed by atoms with Crippen LogP contribution in [0.2, 0.25) is 0 Å². The Hall–Kier alpha value is -1.24. The van der Waals surface area contributed by atoms with Gasteiger partial charge in [0.2, 0.25) is 0 Å². The van der Waals surface area contributed by atoms with Crippen LogP contribution in [0.1, 0.15) is 0 Å². The van der Waals surface area contributed by atoms with Crippen LogP contribution in [0.15, 0.2) is 12.3 Å². The van der Waals surface area contributed by atoms with Crippen LogP contribution in [0.4, 0.5) is 13.2 Å². The molecule has 0 bridgehead atoms. The highest BCUT2D eigenvalue weighted by atomic mass is 19.4. The lowest BCUT2D eigenvalue weighted by molar-refractivity contribution is -0.304. The molecule has 0 aliphatic heterocycles. The fraction of sp³-hybridized carbons (Fsp3) is 0.500. The van der Waals surface area contributed by atoms with Gasteiger partial charge in [-0.3, -0.25) is 0 Å². The molecule has 0 fully saturated rings. The van der Waals surface area contributed by atoms with Crippen molar-refractivity contribution < 1.29 is 32.5 Å². The van der Waals surface area contributed by atoms with Crippen molar-refractivity contribution in [1.82, 2.24) is 0 Å². The Kier molecular flexibility index (Phi) is 4.26. The average molecular weight is 200 g/mol. The lowest BCUT2D eigenvalue weighted by Gasteiger charge is -2.09. The number of carbonyl (C=O) groups excluding carboxylic acids is 1. The standard InChI is InChI=1S/C6H7F3O4/c1-4(12-3-2-10)5(11)13-6(7,8)9/h10H,1-3H2. The summed E-state index contributed by atoms with van der Waals surface area (Å²) < 4.78 is 41.4. The summed E-state index contributed by atoms with van der Waals surface area (Å²) in [5, 5.41) is 8.19. The molecule has 0 radical (unpaired) electrons. The third-order valence-electron chi connectivity index (χ3n) is 0.804. The molecule has 1 N–H and O–H groups in total. The van der Waals surface area contributed by atoms with E-state index in [2.05, 4.69) is 16.1 Å². The summed E-state index contributed by atoms with van der Waals surface area (Å²) in [4.78, 5) is 10.4. The number of hydrogen-bond donors (Lipinski definition) is 1. The van der Waals surface area contributed by atoms with E-state index < -0.39 is 24.7 Å². The van der Waals surface area contributed by atoms with Gasteiger partial charge in [0.05, 0.1) is 6.61 Å². The maximum Gasteiger partial charge on any atom is 0.575 e. The van der Waals surface area contributed by atoms with Gasteiger partial charge in [-0.2, -0.15) is 0 Å². The predicted molar refractivity (Wildman–Crippen MR) is 34.3 cm³/mol. The van der Waals surface area contributed by atoms with Crippen LogP contribution in [0.5, 0.6) is 0 Å². The van der Waals surface area contributed by atoms with Crippen molar-refractivity contribution >= 4 is 5.97 Å². The van der Waals surface area contributed by atoms with Crippen molar-refractivity contribution in [3.8, 4) is 0 Å². The highest BCUT2D eigenvalue weighted by Gasteiger charge is 2.35. The van der Waals surface area contributed by atoms with Crippen LogP contribution in [0.3, 0.4) is 0 Å². The Morgan fingerprint density at radius 2 is 2.00 bits per heavy atom. The predicted octanol–water partition coefficient (Wildman–Crippen LogP) is 0.572. The van der Waals surface area contributed by atoms with Gasteiger partial charge in [0.1, 0.15) is 6.61 Å². The Balaban J connectivity index is 3.91. The first-order valence-electron chi connectivity index (χ1n) is 3.09. The van der Waals surface area contributed by atoms with Gasteiger partial charge in [-0.05, 0) is 6.58 Å². The molecule has 13 heavy (non-hydrogen) atoms. The van der Waals surface area contributed by atoms with Gasteiger partial charge >= 0.3 is 12.3 Å². The molecule has 0 heterocycles. The molecule has 0 aliphatic rings. The van der Waals surface area contributed by atoms with Crippen molar-refractivity contribution in [2.75, 3.05) is 13.2 Å². The first kappa shape index (κ1) is 11.8. The molecule has 0 aromatic heterocycles. The number of aliphatic hydroxyl groups excluding tert-OH is 1. The Morgan fingerprint density at radius 3 is 2.38 bits per heavy atom. The molecule has 0 saturated heterocycles. The first-order valence-corrected chi connectivity index (χ1v) is 3.09. The number of carbonyl (C=O) groups is 1. The van der Waals surface area contributed by atoms with Crippen molar-refractivity contribution in [3.05, 3.63) is 12.3 Å². The van der Waals surface area contributed by atoms with E-state index in [9.17, 15) is 18.0 Å². The van der Waals surface area contributed by atoms with Crippen molar-refractivity contribution in [2.45, 2.75) is 6.36 Å². The second-order valence-corrected chi connectivity index (χ2v) is 1.83. The molecular formula is C6H7F3O4. The number of rotatable bonds is 4. The topological polar surface area (TPSA) is 55.8 Å². The zero-order valence-electron chi connectivity index (χ0n) is 6.43. The fourth-order valence-corrected chi connectivity index (χ4v) is 0.390. The number of aliphatic hydroxyl groups is 1. The van der Waals surface area contributed by atoms with Gasteiger partial charge in [0.15, 0.2) is 5.76 Å². The number of hydrogen-bond acceptors (Lipinski definition) is 4. The van der Waals surface area contributed by atoms with E-state index in [-0.39, 0.29) is 6.61 Å². The fourth-order valence-electron chi connectivity index (χ4n) is 0.390. The van der Waals surface area contributed by atoms with Gasteiger partial charge in [0.25, 0.3) is 0 Å². The zero-order valence-corrected chi connectivity index (χ0v) is 6.43. The minimum absolute atomic E-state index is 0.314. The van der Waals surface area contributed by atoms with Crippen LogP contribution in [-0.2, 0) is 14.3 Å². The molecule has 0 aliphatic carbocycles. The van der Waals surface area contributed by atoms with Crippen LogP contribution >= 0.6 is 0 Å². The highest BCUT2D eigenvalue weighted by molar-refractivity contribution is 5.85. The summed E-state index contributed by atoms with van der Waals surface area (Å²) in [5.74, 6) is -2.52. The maximum atomic E-state index is 11.4. The molecule has 0 aromatic carbocycles. The van der Waals surface area contributed by atoms with E-state index in [4.69, 9.17) is 5.11 Å². The summed E-state index contributed by atoms with van der Waals surface area (Å²) >= 11 is 0. The molecule has 0 atom stereocenters. The minimum atomic E-state index is -5.05. The Bertz CT molecular complexity index is 199. The van der Waals surface area contributed by atoms with Crippen molar-refractivity contribution in [1.29, 1.82) is 0 Å². The van der Waals surface area contributed by atoms with Gasteiger partial charge < -0.3 is 14.6 Å². The maximum absolute atomic E-state index is 11.4. The monoisotopic (exact) mass is 200 g/mol. The molecule has 4 nitrogen and oxygen atoms in total. The summed E-state index contributed by atoms with van der Waals surface area (Å²) in [6.45, 7) is 2.12. The SMILES string of the molecule is C=C(OCCO)C(=O)OC(F)(F)F. The second-order valence-electron chi connectivity index (χ2n) is 1.83. The third-order valence-corrected chi connectivity index (χ3v) is 0.804. The molecule has 0 unspecified atom stereocenters. The molecular weight excluding hydrogens is 193 g/mol. The van der Waals surface area contributed by atoms with Crippen molar-refractivity contribution in [2.24, 2.45) is 0 Å². The minimum Gasteiger partial charge on any atom is -0.485 e. The van der Waals surface area contributed by atoms with Crippen LogP contribution in [-0.4, -0.2) is 30.7 Å². The lowest BCUT2D eigenvalue weighted by Crippen LogP contribution is -2.21. The highest BCUT2D eigenvalue weighted by Crippen LogP contribution is 2.18. The summed E-state index contributed by atoms with van der Waals surface area (Å²) in [6, 6.07) is 0. The van der Waals surface area contributed by atoms with E-state index in [1.807, 2.05) is 0 Å². The summed E-state index contributed by atoms with van der Waals surface area (Å²) in [6.07, 6.45) is -5.05. The van der Waals surface area contributed by atoms with E-state index in [0.29, 0.717) is 0 Å². The van der Waals surface area contributed by atoms with E-state index in [0.717, 1.165) is 0 Å². The largest absolute Gasteiger partial charge is 0.575 e. The number of ether oxygens (including phenoxy) is 2. The quantitative estimate of drug-likeness (QED) is 0.409. The number of halogens is 3. The Labute approximate surface area is 71.6 Å². The molecule has 0 saturated carbocycles. The zero-order chi connectivity index (χ0) is 10.5. The van der Waals surface area contributed by atoms with Gasteiger partial charge in [0, 0.05) is 0 Å². The first-order chi connectivity index (χ1) is 5.87. The van der Waals surface area contributed by atoms with Crippen LogP contribution in [0, 0.1) is 0 Å². The van der Waals surface area contributed by atoms with E-state index >= 15 is 0 Å². The Morgan fingerprint density at radius 1 is 1.46 bits per heavy atom. The molecule has 76 valence electrons. The molecule has 0 aromatic rings. The molecule has 0 rings (SSSR count). The van der Waals surface area contributed by atoms with Gasteiger partial charge in [-0.25, -0.2) is 4.79 Å². The summed E-state index contributed by atoms with van der Waals surface area (Å²) in [5.41, 5.74) is 0. The molecule has 0 spiro atoms. The summed E-state index contributed by atoms with van der Waals surface area (Å²) in [7, 11) is 0. The smallest absolute Gasteiger partial charge is 0.485 e. The third kappa shape index (κ3) is 5.97. The lowest BCUT2D eigenvalue weighted by atomic mass is 10.5. The van der Waals surface area contributed by atoms with Gasteiger partial charge in [-0.1, -0.05) is 0 Å². The second kappa shape index (κ2) is 4.70. The van der Waals surface area contributed by atoms with Crippen LogP contribution in [0.25, 0.3) is 0 Å². The van der Waals surface area contributed by atoms with E-state index in [1.165, 1.54) is 0 Å². The van der Waals surface area contributed by atoms with Gasteiger partial charge in [-0.15, -0.1) is 13.2 Å². The van der Waals surface area contributed by atoms with Crippen LogP contribution < -0.4 is 0 Å². The normalized spacial score (nSPS) is 10.8. The van der Waals surface area contributed by atoms with Crippen molar-refractivity contribution in [3.63, 3.8) is 0 Å². The number of esters is 1. The number of alkyl halides is 3. The average Bonchev–Trinajstić information content (AvgIpc) is 1.96. The molecule has 0 amide bonds.